The van der Waals surface area contributed by atoms with Crippen LogP contribution in [0.25, 0.3) is 6.08 Å². The maximum atomic E-state index is 14.6. The van der Waals surface area contributed by atoms with Gasteiger partial charge in [-0.2, -0.15) is 5.26 Å². The van der Waals surface area contributed by atoms with E-state index in [1.54, 1.807) is 12.0 Å². The number of rotatable bonds is 7. The van der Waals surface area contributed by atoms with Gasteiger partial charge in [0.1, 0.15) is 17.3 Å². The van der Waals surface area contributed by atoms with Crippen LogP contribution in [-0.2, 0) is 9.53 Å². The van der Waals surface area contributed by atoms with Gasteiger partial charge >= 0.3 is 0 Å². The summed E-state index contributed by atoms with van der Waals surface area (Å²) in [6.07, 6.45) is 3.26. The lowest BCUT2D eigenvalue weighted by Crippen LogP contribution is -2.21. The summed E-state index contributed by atoms with van der Waals surface area (Å²) >= 11 is 0. The fourth-order valence-electron chi connectivity index (χ4n) is 4.33. The molecule has 170 valence electrons. The van der Waals surface area contributed by atoms with Crippen LogP contribution < -0.4 is 10.2 Å². The van der Waals surface area contributed by atoms with Gasteiger partial charge in [0.15, 0.2) is 11.6 Å². The molecular formula is C24H28F2N4O2. The minimum Gasteiger partial charge on any atom is -0.383 e. The SMILES string of the molecule is COCC(C)n1c(C)cc(/C=C(/C#N)C(=O)Nc2cc(F)c(N3CCCC3)c(F)c2)c1C. The number of aromatic nitrogens is 1. The number of methoxy groups -OCH3 is 1. The monoisotopic (exact) mass is 442 g/mol. The van der Waals surface area contributed by atoms with E-state index in [1.165, 1.54) is 6.08 Å². The molecule has 1 N–H and O–H groups in total. The molecule has 0 aliphatic carbocycles. The molecule has 1 saturated heterocycles. The molecule has 32 heavy (non-hydrogen) atoms. The Hall–Kier alpha value is -3.18. The third-order valence-corrected chi connectivity index (χ3v) is 5.73. The van der Waals surface area contributed by atoms with Gasteiger partial charge in [-0.3, -0.25) is 4.79 Å². The molecule has 1 aliphatic heterocycles. The van der Waals surface area contributed by atoms with Crippen molar-refractivity contribution in [2.24, 2.45) is 0 Å². The molecule has 8 heteroatoms. The zero-order chi connectivity index (χ0) is 23.4. The number of amides is 1. The predicted molar refractivity (Wildman–Crippen MR) is 121 cm³/mol. The van der Waals surface area contributed by atoms with E-state index < -0.39 is 17.5 Å². The van der Waals surface area contributed by atoms with Crippen LogP contribution in [0.3, 0.4) is 0 Å². The van der Waals surface area contributed by atoms with Gasteiger partial charge < -0.3 is 19.5 Å². The van der Waals surface area contributed by atoms with Crippen molar-refractivity contribution in [2.45, 2.75) is 39.7 Å². The summed E-state index contributed by atoms with van der Waals surface area (Å²) in [6.45, 7) is 7.58. The molecule has 0 bridgehead atoms. The number of nitrogens with one attached hydrogen (secondary N) is 1. The van der Waals surface area contributed by atoms with E-state index in [0.717, 1.165) is 41.9 Å². The van der Waals surface area contributed by atoms with Crippen molar-refractivity contribution in [1.82, 2.24) is 4.57 Å². The summed E-state index contributed by atoms with van der Waals surface area (Å²) in [5, 5.41) is 12.0. The van der Waals surface area contributed by atoms with E-state index in [4.69, 9.17) is 4.74 Å². The van der Waals surface area contributed by atoms with Crippen molar-refractivity contribution < 1.29 is 18.3 Å². The van der Waals surface area contributed by atoms with Gasteiger partial charge in [0, 0.05) is 37.3 Å². The lowest BCUT2D eigenvalue weighted by Gasteiger charge is -2.19. The quantitative estimate of drug-likeness (QED) is 0.497. The molecule has 1 atom stereocenters. The first-order valence-corrected chi connectivity index (χ1v) is 10.6. The van der Waals surface area contributed by atoms with Crippen LogP contribution in [-0.4, -0.2) is 37.3 Å². The minimum absolute atomic E-state index is 0.0340. The largest absolute Gasteiger partial charge is 0.383 e. The Labute approximate surface area is 187 Å². The highest BCUT2D eigenvalue weighted by Crippen LogP contribution is 2.30. The first kappa shape index (κ1) is 23.5. The lowest BCUT2D eigenvalue weighted by molar-refractivity contribution is -0.112. The number of ether oxygens (including phenoxy) is 1. The number of nitriles is 1. The normalized spacial score (nSPS) is 15.0. The van der Waals surface area contributed by atoms with E-state index in [0.29, 0.717) is 19.7 Å². The standard InChI is InChI=1S/C24H28F2N4O2/c1-15-9-18(17(3)30(15)16(2)14-32-4)10-19(13-27)24(31)28-20-11-21(25)23(22(26)12-20)29-7-5-6-8-29/h9-12,16H,5-8,14H2,1-4H3,(H,28,31)/b19-10-. The number of anilines is 2. The van der Waals surface area contributed by atoms with Gasteiger partial charge in [-0.15, -0.1) is 0 Å². The van der Waals surface area contributed by atoms with Crippen LogP contribution >= 0.6 is 0 Å². The molecule has 2 aromatic rings. The number of hydrogen-bond donors (Lipinski definition) is 1. The smallest absolute Gasteiger partial charge is 0.266 e. The van der Waals surface area contributed by atoms with Crippen LogP contribution in [0.2, 0.25) is 0 Å². The van der Waals surface area contributed by atoms with Crippen LogP contribution in [0, 0.1) is 36.8 Å². The zero-order valence-electron chi connectivity index (χ0n) is 18.8. The van der Waals surface area contributed by atoms with E-state index in [2.05, 4.69) is 9.88 Å². The molecule has 6 nitrogen and oxygen atoms in total. The third-order valence-electron chi connectivity index (χ3n) is 5.73. The van der Waals surface area contributed by atoms with Gasteiger partial charge in [0.05, 0.1) is 12.6 Å². The first-order chi connectivity index (χ1) is 15.3. The van der Waals surface area contributed by atoms with Crippen molar-refractivity contribution >= 4 is 23.4 Å². The Kier molecular flexibility index (Phi) is 7.31. The predicted octanol–water partition coefficient (Wildman–Crippen LogP) is 4.74. The van der Waals surface area contributed by atoms with Crippen LogP contribution in [0.5, 0.6) is 0 Å². The molecule has 1 aliphatic rings. The van der Waals surface area contributed by atoms with Crippen molar-refractivity contribution in [1.29, 1.82) is 5.26 Å². The number of carbonyl (C=O) groups excluding carboxylic acids is 1. The maximum Gasteiger partial charge on any atom is 0.266 e. The van der Waals surface area contributed by atoms with Crippen LogP contribution in [0.1, 0.15) is 42.8 Å². The number of hydrogen-bond acceptors (Lipinski definition) is 4. The molecule has 0 saturated carbocycles. The Morgan fingerprint density at radius 3 is 2.44 bits per heavy atom. The number of aryl methyl sites for hydroxylation is 1. The third kappa shape index (κ3) is 4.83. The molecule has 1 aromatic heterocycles. The number of carbonyl (C=O) groups is 1. The molecule has 3 rings (SSSR count). The van der Waals surface area contributed by atoms with E-state index >= 15 is 0 Å². The Morgan fingerprint density at radius 1 is 1.25 bits per heavy atom. The molecule has 1 aromatic carbocycles. The average molecular weight is 443 g/mol. The highest BCUT2D eigenvalue weighted by Gasteiger charge is 2.22. The highest BCUT2D eigenvalue weighted by molar-refractivity contribution is 6.09. The van der Waals surface area contributed by atoms with Gasteiger partial charge in [-0.05, 0) is 63.5 Å². The fraction of sp³-hybridized carbons (Fsp3) is 0.417. The van der Waals surface area contributed by atoms with Gasteiger partial charge in [0.2, 0.25) is 0 Å². The molecule has 0 spiro atoms. The first-order valence-electron chi connectivity index (χ1n) is 10.6. The maximum absolute atomic E-state index is 14.6. The second-order valence-corrected chi connectivity index (χ2v) is 8.11. The minimum atomic E-state index is -0.736. The molecule has 2 heterocycles. The van der Waals surface area contributed by atoms with Crippen molar-refractivity contribution in [2.75, 3.05) is 37.0 Å². The van der Waals surface area contributed by atoms with E-state index in [9.17, 15) is 18.8 Å². The van der Waals surface area contributed by atoms with E-state index in [1.807, 2.05) is 32.9 Å². The van der Waals surface area contributed by atoms with Gasteiger partial charge in [-0.25, -0.2) is 8.78 Å². The number of benzene rings is 1. The Morgan fingerprint density at radius 2 is 1.88 bits per heavy atom. The topological polar surface area (TPSA) is 70.3 Å². The number of nitrogens with zero attached hydrogens (tertiary/aromatic N) is 3. The van der Waals surface area contributed by atoms with Gasteiger partial charge in [0.25, 0.3) is 5.91 Å². The average Bonchev–Trinajstić information content (AvgIpc) is 3.33. The summed E-state index contributed by atoms with van der Waals surface area (Å²) in [5.41, 5.74) is 2.31. The van der Waals surface area contributed by atoms with Crippen LogP contribution in [0.15, 0.2) is 23.8 Å². The lowest BCUT2D eigenvalue weighted by atomic mass is 10.1. The highest BCUT2D eigenvalue weighted by atomic mass is 19.1. The van der Waals surface area contributed by atoms with Crippen molar-refractivity contribution in [3.63, 3.8) is 0 Å². The summed E-state index contributed by atoms with van der Waals surface area (Å²) in [5.74, 6) is -2.20. The second-order valence-electron chi connectivity index (χ2n) is 8.11. The van der Waals surface area contributed by atoms with Gasteiger partial charge in [-0.1, -0.05) is 0 Å². The van der Waals surface area contributed by atoms with Crippen molar-refractivity contribution in [3.8, 4) is 6.07 Å². The second kappa shape index (κ2) is 9.96. The molecule has 1 amide bonds. The Balaban J connectivity index is 1.83. The number of halogens is 2. The Bertz CT molecular complexity index is 1060. The van der Waals surface area contributed by atoms with Crippen LogP contribution in [0.4, 0.5) is 20.2 Å². The molecule has 0 radical (unpaired) electrons. The van der Waals surface area contributed by atoms with Crippen molar-refractivity contribution in [3.05, 3.63) is 52.4 Å². The summed E-state index contributed by atoms with van der Waals surface area (Å²) in [6, 6.07) is 6.03. The summed E-state index contributed by atoms with van der Waals surface area (Å²) < 4.78 is 36.4. The zero-order valence-corrected chi connectivity index (χ0v) is 18.8. The summed E-state index contributed by atoms with van der Waals surface area (Å²) in [7, 11) is 1.63. The fourth-order valence-corrected chi connectivity index (χ4v) is 4.33. The summed E-state index contributed by atoms with van der Waals surface area (Å²) in [4.78, 5) is 14.3. The van der Waals surface area contributed by atoms with E-state index in [-0.39, 0.29) is 23.0 Å². The molecular weight excluding hydrogens is 414 g/mol. The molecule has 1 unspecified atom stereocenters. The molecule has 1 fully saturated rings.